The normalized spacial score (nSPS) is 11.4. The van der Waals surface area contributed by atoms with Crippen molar-refractivity contribution in [1.29, 1.82) is 0 Å². The lowest BCUT2D eigenvalue weighted by Gasteiger charge is -2.04. The Morgan fingerprint density at radius 3 is 1.13 bits per heavy atom. The first-order chi connectivity index (χ1) is 14.9. The van der Waals surface area contributed by atoms with Crippen molar-refractivity contribution in [2.24, 2.45) is 0 Å². The van der Waals surface area contributed by atoms with Gasteiger partial charge in [-0.15, -0.1) is 0 Å². The van der Waals surface area contributed by atoms with Crippen LogP contribution in [0, 0.1) is 0 Å². The molecule has 1 aromatic rings. The average Bonchev–Trinajstić information content (AvgIpc) is 3.28. The highest BCUT2D eigenvalue weighted by Crippen LogP contribution is 2.15. The molecule has 1 aromatic heterocycles. The van der Waals surface area contributed by atoms with Crippen molar-refractivity contribution in [1.82, 2.24) is 9.97 Å². The second-order valence-electron chi connectivity index (χ2n) is 9.56. The first-order valence-corrected chi connectivity index (χ1v) is 13.9. The lowest BCUT2D eigenvalue weighted by molar-refractivity contribution is 0.518. The minimum absolute atomic E-state index is 1.12. The number of unbranched alkanes of at least 4 members (excludes halogenated alkanes) is 22. The monoisotopic (exact) mass is 418 g/mol. The fourth-order valence-electron chi connectivity index (χ4n) is 4.51. The van der Waals surface area contributed by atoms with E-state index >= 15 is 0 Å². The van der Waals surface area contributed by atoms with Crippen LogP contribution in [0.4, 0.5) is 0 Å². The van der Waals surface area contributed by atoms with E-state index in [0.717, 1.165) is 12.2 Å². The second kappa shape index (κ2) is 22.9. The van der Waals surface area contributed by atoms with Crippen LogP contribution in [0.3, 0.4) is 0 Å². The summed E-state index contributed by atoms with van der Waals surface area (Å²) in [5.74, 6) is 1.15. The number of imidazole rings is 1. The standard InChI is InChI=1S/C28H54N2/c1-2-3-4-5-6-7-8-9-10-11-12-13-14-15-16-17-18-19-20-21-22-23-24-25-28-29-26-27-30-28/h26-27H,2-25H2,1H3,(H,29,30). The summed E-state index contributed by atoms with van der Waals surface area (Å²) in [6.07, 6.45) is 38.2. The summed E-state index contributed by atoms with van der Waals surface area (Å²) in [6, 6.07) is 0. The number of aromatic amines is 1. The number of nitrogens with zero attached hydrogens (tertiary/aromatic N) is 1. The summed E-state index contributed by atoms with van der Waals surface area (Å²) >= 11 is 0. The molecule has 0 saturated heterocycles. The van der Waals surface area contributed by atoms with Gasteiger partial charge in [-0.3, -0.25) is 0 Å². The fourth-order valence-corrected chi connectivity index (χ4v) is 4.51. The predicted molar refractivity (Wildman–Crippen MR) is 134 cm³/mol. The van der Waals surface area contributed by atoms with Crippen LogP contribution < -0.4 is 0 Å². The van der Waals surface area contributed by atoms with Gasteiger partial charge in [0.25, 0.3) is 0 Å². The molecule has 0 bridgehead atoms. The Hall–Kier alpha value is -0.790. The van der Waals surface area contributed by atoms with Crippen molar-refractivity contribution in [3.05, 3.63) is 18.2 Å². The third-order valence-electron chi connectivity index (χ3n) is 6.57. The lowest BCUT2D eigenvalue weighted by Crippen LogP contribution is -1.88. The molecule has 0 aliphatic rings. The average molecular weight is 419 g/mol. The molecule has 0 atom stereocenters. The molecular weight excluding hydrogens is 364 g/mol. The quantitative estimate of drug-likeness (QED) is 0.166. The van der Waals surface area contributed by atoms with E-state index in [1.165, 1.54) is 148 Å². The van der Waals surface area contributed by atoms with Crippen molar-refractivity contribution in [3.8, 4) is 0 Å². The van der Waals surface area contributed by atoms with Crippen LogP contribution in [0.5, 0.6) is 0 Å². The number of nitrogens with one attached hydrogen (secondary N) is 1. The predicted octanol–water partition coefficient (Wildman–Crippen LogP) is 9.94. The van der Waals surface area contributed by atoms with E-state index in [2.05, 4.69) is 16.9 Å². The van der Waals surface area contributed by atoms with Crippen LogP contribution in [0.15, 0.2) is 12.4 Å². The lowest BCUT2D eigenvalue weighted by atomic mass is 10.0. The number of H-pyrrole nitrogens is 1. The van der Waals surface area contributed by atoms with E-state index < -0.39 is 0 Å². The van der Waals surface area contributed by atoms with E-state index in [4.69, 9.17) is 0 Å². The van der Waals surface area contributed by atoms with Crippen molar-refractivity contribution in [2.75, 3.05) is 0 Å². The third kappa shape index (κ3) is 19.2. The highest BCUT2D eigenvalue weighted by Gasteiger charge is 1.97. The molecule has 0 amide bonds. The van der Waals surface area contributed by atoms with Crippen LogP contribution in [0.2, 0.25) is 0 Å². The molecule has 0 fully saturated rings. The minimum Gasteiger partial charge on any atom is -0.349 e. The Morgan fingerprint density at radius 2 is 0.833 bits per heavy atom. The zero-order valence-corrected chi connectivity index (χ0v) is 20.6. The Labute approximate surface area is 189 Å². The zero-order chi connectivity index (χ0) is 21.4. The van der Waals surface area contributed by atoms with Gasteiger partial charge in [0.15, 0.2) is 0 Å². The summed E-state index contributed by atoms with van der Waals surface area (Å²) in [5.41, 5.74) is 0. The topological polar surface area (TPSA) is 28.7 Å². The number of aryl methyl sites for hydroxylation is 1. The third-order valence-corrected chi connectivity index (χ3v) is 6.57. The van der Waals surface area contributed by atoms with Gasteiger partial charge in [-0.2, -0.15) is 0 Å². The molecule has 30 heavy (non-hydrogen) atoms. The van der Waals surface area contributed by atoms with E-state index in [1.807, 2.05) is 12.4 Å². The summed E-state index contributed by atoms with van der Waals surface area (Å²) in [4.78, 5) is 7.48. The second-order valence-corrected chi connectivity index (χ2v) is 9.56. The number of hydrogen-bond donors (Lipinski definition) is 1. The molecular formula is C28H54N2. The molecule has 0 spiro atoms. The van der Waals surface area contributed by atoms with Gasteiger partial charge in [0.1, 0.15) is 5.82 Å². The first-order valence-electron chi connectivity index (χ1n) is 13.9. The van der Waals surface area contributed by atoms with Gasteiger partial charge in [0, 0.05) is 18.8 Å². The minimum atomic E-state index is 1.12. The largest absolute Gasteiger partial charge is 0.349 e. The van der Waals surface area contributed by atoms with Gasteiger partial charge >= 0.3 is 0 Å². The summed E-state index contributed by atoms with van der Waals surface area (Å²) in [5, 5.41) is 0. The molecule has 1 heterocycles. The Bertz CT molecular complexity index is 412. The van der Waals surface area contributed by atoms with Crippen LogP contribution in [-0.4, -0.2) is 9.97 Å². The van der Waals surface area contributed by atoms with Gasteiger partial charge in [0.05, 0.1) is 0 Å². The number of hydrogen-bond acceptors (Lipinski definition) is 1. The summed E-state index contributed by atoms with van der Waals surface area (Å²) < 4.78 is 0. The van der Waals surface area contributed by atoms with Gasteiger partial charge in [-0.1, -0.05) is 148 Å². The highest BCUT2D eigenvalue weighted by molar-refractivity contribution is 4.86. The van der Waals surface area contributed by atoms with Crippen LogP contribution in [0.1, 0.15) is 160 Å². The maximum atomic E-state index is 4.29. The molecule has 1 rings (SSSR count). The molecule has 0 saturated carbocycles. The number of aromatic nitrogens is 2. The van der Waals surface area contributed by atoms with Crippen LogP contribution in [0.25, 0.3) is 0 Å². The van der Waals surface area contributed by atoms with Crippen molar-refractivity contribution in [2.45, 2.75) is 161 Å². The highest BCUT2D eigenvalue weighted by atomic mass is 14.9. The fraction of sp³-hybridized carbons (Fsp3) is 0.893. The zero-order valence-electron chi connectivity index (χ0n) is 20.6. The Morgan fingerprint density at radius 1 is 0.500 bits per heavy atom. The van der Waals surface area contributed by atoms with E-state index in [1.54, 1.807) is 0 Å². The van der Waals surface area contributed by atoms with Crippen LogP contribution in [-0.2, 0) is 6.42 Å². The molecule has 0 aromatic carbocycles. The van der Waals surface area contributed by atoms with Crippen molar-refractivity contribution < 1.29 is 0 Å². The van der Waals surface area contributed by atoms with Gasteiger partial charge in [-0.05, 0) is 6.42 Å². The molecule has 0 radical (unpaired) electrons. The smallest absolute Gasteiger partial charge is 0.105 e. The van der Waals surface area contributed by atoms with Gasteiger partial charge in [0.2, 0.25) is 0 Å². The van der Waals surface area contributed by atoms with Crippen LogP contribution >= 0.6 is 0 Å². The molecule has 0 aliphatic heterocycles. The maximum Gasteiger partial charge on any atom is 0.105 e. The summed E-state index contributed by atoms with van der Waals surface area (Å²) in [6.45, 7) is 2.30. The first kappa shape index (κ1) is 27.2. The molecule has 1 N–H and O–H groups in total. The summed E-state index contributed by atoms with van der Waals surface area (Å²) in [7, 11) is 0. The molecule has 2 heteroatoms. The van der Waals surface area contributed by atoms with Gasteiger partial charge in [-0.25, -0.2) is 4.98 Å². The number of rotatable bonds is 24. The molecule has 176 valence electrons. The molecule has 0 unspecified atom stereocenters. The van der Waals surface area contributed by atoms with Crippen molar-refractivity contribution in [3.63, 3.8) is 0 Å². The van der Waals surface area contributed by atoms with Crippen molar-refractivity contribution >= 4 is 0 Å². The SMILES string of the molecule is CCCCCCCCCCCCCCCCCCCCCCCCCc1ncc[nH]1. The molecule has 0 aliphatic carbocycles. The van der Waals surface area contributed by atoms with E-state index in [-0.39, 0.29) is 0 Å². The maximum absolute atomic E-state index is 4.29. The Balaban J connectivity index is 1.63. The van der Waals surface area contributed by atoms with E-state index in [0.29, 0.717) is 0 Å². The van der Waals surface area contributed by atoms with Gasteiger partial charge < -0.3 is 4.98 Å². The molecule has 2 nitrogen and oxygen atoms in total. The van der Waals surface area contributed by atoms with E-state index in [9.17, 15) is 0 Å². The Kier molecular flexibility index (Phi) is 20.8.